The Balaban J connectivity index is 3.43. The molecular formula is C12H14N2O6. The maximum Gasteiger partial charge on any atom is 0.318 e. The number of nitrogens with zero attached hydrogens (tertiary/aromatic N) is 2. The summed E-state index contributed by atoms with van der Waals surface area (Å²) in [6, 6.07) is 2.01. The Kier molecular flexibility index (Phi) is 5.13. The van der Waals surface area contributed by atoms with Gasteiger partial charge in [0.1, 0.15) is 0 Å². The largest absolute Gasteiger partial charge is 0.419 e. The fourth-order valence-corrected chi connectivity index (χ4v) is 1.71. The van der Waals surface area contributed by atoms with Gasteiger partial charge in [0, 0.05) is 18.6 Å². The van der Waals surface area contributed by atoms with E-state index in [0.29, 0.717) is 18.4 Å². The second-order valence-corrected chi connectivity index (χ2v) is 4.16. The van der Waals surface area contributed by atoms with Crippen molar-refractivity contribution in [2.24, 2.45) is 0 Å². The average molecular weight is 282 g/mol. The first-order chi connectivity index (χ1) is 9.36. The number of esters is 1. The molecule has 0 saturated carbocycles. The quantitative estimate of drug-likeness (QED) is 0.343. The maximum atomic E-state index is 11.1. The fourth-order valence-electron chi connectivity index (χ4n) is 1.71. The number of carbonyl (C=O) groups is 1. The zero-order valence-corrected chi connectivity index (χ0v) is 11.1. The second kappa shape index (κ2) is 6.60. The Morgan fingerprint density at radius 1 is 1.25 bits per heavy atom. The molecule has 1 rings (SSSR count). The van der Waals surface area contributed by atoms with E-state index in [9.17, 15) is 25.0 Å². The van der Waals surface area contributed by atoms with Crippen molar-refractivity contribution in [3.05, 3.63) is 37.9 Å². The van der Waals surface area contributed by atoms with Gasteiger partial charge < -0.3 is 4.74 Å². The molecule has 0 spiro atoms. The van der Waals surface area contributed by atoms with Gasteiger partial charge in [-0.15, -0.1) is 0 Å². The zero-order valence-electron chi connectivity index (χ0n) is 11.1. The SMILES string of the molecule is CCCCc1cc([N+](=O)[O-])cc([N+](=O)[O-])c1OC(C)=O. The number of ether oxygens (including phenoxy) is 1. The zero-order chi connectivity index (χ0) is 15.3. The summed E-state index contributed by atoms with van der Waals surface area (Å²) < 4.78 is 4.87. The van der Waals surface area contributed by atoms with Crippen LogP contribution in [0.2, 0.25) is 0 Å². The molecule has 0 unspecified atom stereocenters. The van der Waals surface area contributed by atoms with Crippen LogP contribution in [-0.4, -0.2) is 15.8 Å². The van der Waals surface area contributed by atoms with E-state index in [1.165, 1.54) is 6.07 Å². The highest BCUT2D eigenvalue weighted by Gasteiger charge is 2.26. The van der Waals surface area contributed by atoms with Gasteiger partial charge in [-0.3, -0.25) is 25.0 Å². The lowest BCUT2D eigenvalue weighted by molar-refractivity contribution is -0.394. The predicted molar refractivity (Wildman–Crippen MR) is 69.7 cm³/mol. The predicted octanol–water partition coefficient (Wildman–Crippen LogP) is 2.77. The van der Waals surface area contributed by atoms with E-state index in [1.54, 1.807) is 0 Å². The summed E-state index contributed by atoms with van der Waals surface area (Å²) in [4.78, 5) is 31.4. The number of benzene rings is 1. The van der Waals surface area contributed by atoms with Crippen molar-refractivity contribution in [1.29, 1.82) is 0 Å². The number of hydrogen-bond donors (Lipinski definition) is 0. The van der Waals surface area contributed by atoms with Crippen LogP contribution in [0.25, 0.3) is 0 Å². The minimum atomic E-state index is -0.791. The lowest BCUT2D eigenvalue weighted by Crippen LogP contribution is -2.08. The third-order valence-corrected chi connectivity index (χ3v) is 2.58. The highest BCUT2D eigenvalue weighted by molar-refractivity contribution is 5.73. The van der Waals surface area contributed by atoms with Crippen LogP contribution in [0.4, 0.5) is 11.4 Å². The number of nitro groups is 2. The van der Waals surface area contributed by atoms with Gasteiger partial charge in [0.15, 0.2) is 0 Å². The fraction of sp³-hybridized carbons (Fsp3) is 0.417. The Labute approximate surface area is 114 Å². The Morgan fingerprint density at radius 3 is 2.35 bits per heavy atom. The number of rotatable bonds is 6. The van der Waals surface area contributed by atoms with Gasteiger partial charge in [-0.25, -0.2) is 0 Å². The van der Waals surface area contributed by atoms with Gasteiger partial charge in [0.2, 0.25) is 5.75 Å². The molecule has 0 fully saturated rings. The van der Waals surface area contributed by atoms with Crippen LogP contribution in [0, 0.1) is 20.2 Å². The summed E-state index contributed by atoms with van der Waals surface area (Å²) in [5.41, 5.74) is -0.665. The number of carbonyl (C=O) groups excluding carboxylic acids is 1. The smallest absolute Gasteiger partial charge is 0.318 e. The molecular weight excluding hydrogens is 268 g/mol. The van der Waals surface area contributed by atoms with Crippen LogP contribution < -0.4 is 4.74 Å². The number of hydrogen-bond acceptors (Lipinski definition) is 6. The summed E-state index contributed by atoms with van der Waals surface area (Å²) in [5, 5.41) is 21.8. The first kappa shape index (κ1) is 15.5. The lowest BCUT2D eigenvalue weighted by atomic mass is 10.1. The number of aryl methyl sites for hydroxylation is 1. The number of unbranched alkanes of at least 4 members (excludes halogenated alkanes) is 1. The molecule has 0 aliphatic rings. The standard InChI is InChI=1S/C12H14N2O6/c1-3-4-5-9-6-10(13(16)17)7-11(14(18)19)12(9)20-8(2)15/h6-7H,3-5H2,1-2H3. The van der Waals surface area contributed by atoms with Gasteiger partial charge >= 0.3 is 11.7 Å². The molecule has 1 aromatic rings. The van der Waals surface area contributed by atoms with Crippen molar-refractivity contribution >= 4 is 17.3 Å². The van der Waals surface area contributed by atoms with Crippen LogP contribution in [0.15, 0.2) is 12.1 Å². The molecule has 0 amide bonds. The van der Waals surface area contributed by atoms with Gasteiger partial charge in [-0.1, -0.05) is 13.3 Å². The maximum absolute atomic E-state index is 11.1. The molecule has 20 heavy (non-hydrogen) atoms. The van der Waals surface area contributed by atoms with E-state index in [4.69, 9.17) is 4.74 Å². The van der Waals surface area contributed by atoms with Crippen molar-refractivity contribution in [2.45, 2.75) is 33.1 Å². The molecule has 108 valence electrons. The minimum Gasteiger partial charge on any atom is -0.419 e. The van der Waals surface area contributed by atoms with E-state index in [1.807, 2.05) is 6.92 Å². The molecule has 8 nitrogen and oxygen atoms in total. The molecule has 0 atom stereocenters. The molecule has 1 aromatic carbocycles. The van der Waals surface area contributed by atoms with E-state index < -0.39 is 27.2 Å². The van der Waals surface area contributed by atoms with Crippen LogP contribution in [0.5, 0.6) is 5.75 Å². The second-order valence-electron chi connectivity index (χ2n) is 4.16. The third-order valence-electron chi connectivity index (χ3n) is 2.58. The molecule has 0 radical (unpaired) electrons. The van der Waals surface area contributed by atoms with Gasteiger partial charge in [-0.2, -0.15) is 0 Å². The van der Waals surface area contributed by atoms with Gasteiger partial charge in [0.05, 0.1) is 15.9 Å². The molecule has 0 bridgehead atoms. The number of non-ortho nitro benzene ring substituents is 1. The molecule has 0 aliphatic heterocycles. The normalized spacial score (nSPS) is 10.1. The van der Waals surface area contributed by atoms with Crippen LogP contribution in [-0.2, 0) is 11.2 Å². The highest BCUT2D eigenvalue weighted by atomic mass is 16.6. The van der Waals surface area contributed by atoms with Crippen molar-refractivity contribution in [3.8, 4) is 5.75 Å². The average Bonchev–Trinajstić information content (AvgIpc) is 2.35. The monoisotopic (exact) mass is 282 g/mol. The summed E-state index contributed by atoms with van der Waals surface area (Å²) in [6.45, 7) is 3.03. The van der Waals surface area contributed by atoms with E-state index >= 15 is 0 Å². The Bertz CT molecular complexity index is 555. The topological polar surface area (TPSA) is 113 Å². The molecule has 0 heterocycles. The molecule has 0 saturated heterocycles. The summed E-state index contributed by atoms with van der Waals surface area (Å²) >= 11 is 0. The molecule has 0 N–H and O–H groups in total. The molecule has 0 aromatic heterocycles. The minimum absolute atomic E-state index is 0.207. The summed E-state index contributed by atoms with van der Waals surface area (Å²) in [6.07, 6.45) is 1.84. The van der Waals surface area contributed by atoms with Crippen molar-refractivity contribution in [1.82, 2.24) is 0 Å². The number of nitro benzene ring substituents is 2. The highest BCUT2D eigenvalue weighted by Crippen LogP contribution is 2.36. The molecule has 8 heteroatoms. The van der Waals surface area contributed by atoms with E-state index in [2.05, 4.69) is 0 Å². The van der Waals surface area contributed by atoms with Crippen molar-refractivity contribution < 1.29 is 19.4 Å². The third kappa shape index (κ3) is 3.74. The van der Waals surface area contributed by atoms with Crippen LogP contribution >= 0.6 is 0 Å². The first-order valence-electron chi connectivity index (χ1n) is 6.01. The van der Waals surface area contributed by atoms with Gasteiger partial charge in [0.25, 0.3) is 5.69 Å². The Hall–Kier alpha value is -2.51. The van der Waals surface area contributed by atoms with E-state index in [0.717, 1.165) is 19.4 Å². The lowest BCUT2D eigenvalue weighted by Gasteiger charge is -2.09. The van der Waals surface area contributed by atoms with Crippen molar-refractivity contribution in [3.63, 3.8) is 0 Å². The summed E-state index contributed by atoms with van der Waals surface area (Å²) in [7, 11) is 0. The van der Waals surface area contributed by atoms with Gasteiger partial charge in [-0.05, 0) is 12.8 Å². The van der Waals surface area contributed by atoms with Crippen LogP contribution in [0.3, 0.4) is 0 Å². The van der Waals surface area contributed by atoms with E-state index in [-0.39, 0.29) is 5.75 Å². The first-order valence-corrected chi connectivity index (χ1v) is 6.01. The van der Waals surface area contributed by atoms with Crippen molar-refractivity contribution in [2.75, 3.05) is 0 Å². The summed E-state index contributed by atoms with van der Waals surface area (Å²) in [5.74, 6) is -0.916. The van der Waals surface area contributed by atoms with Crippen LogP contribution in [0.1, 0.15) is 32.3 Å². The molecule has 0 aliphatic carbocycles. The Morgan fingerprint density at radius 2 is 1.90 bits per heavy atom.